The van der Waals surface area contributed by atoms with Gasteiger partial charge in [-0.15, -0.1) is 11.3 Å². The van der Waals surface area contributed by atoms with E-state index in [0.29, 0.717) is 17.9 Å². The van der Waals surface area contributed by atoms with Crippen LogP contribution in [0.2, 0.25) is 5.28 Å². The minimum atomic E-state index is -0.135. The van der Waals surface area contributed by atoms with E-state index in [-0.39, 0.29) is 11.2 Å². The maximum absolute atomic E-state index is 12.2. The molecule has 0 aliphatic heterocycles. The summed E-state index contributed by atoms with van der Waals surface area (Å²) in [5, 5.41) is 2.14. The molecule has 100 valence electrons. The Bertz CT molecular complexity index is 551. The van der Waals surface area contributed by atoms with Gasteiger partial charge in [0, 0.05) is 24.2 Å². The molecule has 0 unspecified atom stereocenters. The third-order valence-electron chi connectivity index (χ3n) is 2.67. The van der Waals surface area contributed by atoms with Crippen molar-refractivity contribution in [2.24, 2.45) is 0 Å². The Hall–Kier alpha value is -1.46. The number of nitrogens with zero attached hydrogens (tertiary/aromatic N) is 3. The van der Waals surface area contributed by atoms with Crippen LogP contribution in [0.15, 0.2) is 23.6 Å². The third kappa shape index (κ3) is 3.75. The van der Waals surface area contributed by atoms with Gasteiger partial charge in [0.05, 0.1) is 0 Å². The van der Waals surface area contributed by atoms with Crippen molar-refractivity contribution in [1.29, 1.82) is 0 Å². The molecule has 2 rings (SSSR count). The molecule has 0 aliphatic carbocycles. The number of thiophene rings is 1. The van der Waals surface area contributed by atoms with Crippen LogP contribution >= 0.6 is 22.9 Å². The average Bonchev–Trinajstić information content (AvgIpc) is 2.87. The number of aromatic nitrogens is 2. The van der Waals surface area contributed by atoms with Crippen LogP contribution in [0.3, 0.4) is 0 Å². The maximum Gasteiger partial charge on any atom is 0.272 e. The highest BCUT2D eigenvalue weighted by Gasteiger charge is 2.14. The molecule has 0 spiro atoms. The van der Waals surface area contributed by atoms with E-state index in [0.717, 1.165) is 6.42 Å². The molecular formula is C13H14ClN3OS. The van der Waals surface area contributed by atoms with Gasteiger partial charge in [0.15, 0.2) is 0 Å². The molecule has 0 saturated carbocycles. The Balaban J connectivity index is 2.02. The summed E-state index contributed by atoms with van der Waals surface area (Å²) < 4.78 is 0. The van der Waals surface area contributed by atoms with Gasteiger partial charge in [-0.3, -0.25) is 4.79 Å². The summed E-state index contributed by atoms with van der Waals surface area (Å²) in [6.45, 7) is 2.44. The predicted octanol–water partition coefficient (Wildman–Crippen LogP) is 2.81. The first-order valence-electron chi connectivity index (χ1n) is 5.85. The average molecular weight is 296 g/mol. The molecule has 0 atom stereocenters. The molecule has 0 fully saturated rings. The van der Waals surface area contributed by atoms with E-state index in [1.807, 2.05) is 11.4 Å². The topological polar surface area (TPSA) is 46.1 Å². The monoisotopic (exact) mass is 295 g/mol. The van der Waals surface area contributed by atoms with E-state index < -0.39 is 0 Å². The Kier molecular flexibility index (Phi) is 4.50. The van der Waals surface area contributed by atoms with Crippen LogP contribution in [0.25, 0.3) is 0 Å². The van der Waals surface area contributed by atoms with Crippen molar-refractivity contribution in [2.45, 2.75) is 13.3 Å². The summed E-state index contributed by atoms with van der Waals surface area (Å²) in [6.07, 6.45) is 0.845. The first kappa shape index (κ1) is 14.0. The molecule has 0 saturated heterocycles. The summed E-state index contributed by atoms with van der Waals surface area (Å²) in [6, 6.07) is 5.72. The van der Waals surface area contributed by atoms with Gasteiger partial charge >= 0.3 is 0 Å². The fourth-order valence-corrected chi connectivity index (χ4v) is 2.59. The van der Waals surface area contributed by atoms with Crippen LogP contribution in [0, 0.1) is 6.92 Å². The van der Waals surface area contributed by atoms with Crippen LogP contribution in [0.4, 0.5) is 0 Å². The fraction of sp³-hybridized carbons (Fsp3) is 0.308. The first-order chi connectivity index (χ1) is 9.06. The molecule has 0 N–H and O–H groups in total. The number of rotatable bonds is 4. The van der Waals surface area contributed by atoms with E-state index in [1.54, 1.807) is 36.3 Å². The zero-order valence-electron chi connectivity index (χ0n) is 10.8. The minimum Gasteiger partial charge on any atom is -0.340 e. The van der Waals surface area contributed by atoms with E-state index in [4.69, 9.17) is 11.6 Å². The molecule has 4 nitrogen and oxygen atoms in total. The Morgan fingerprint density at radius 3 is 2.89 bits per heavy atom. The van der Waals surface area contributed by atoms with E-state index in [2.05, 4.69) is 16.0 Å². The SMILES string of the molecule is Cc1cc(C(=O)N(C)CCc2cccs2)nc(Cl)n1. The summed E-state index contributed by atoms with van der Waals surface area (Å²) in [7, 11) is 1.77. The Morgan fingerprint density at radius 2 is 2.26 bits per heavy atom. The lowest BCUT2D eigenvalue weighted by atomic mass is 10.3. The highest BCUT2D eigenvalue weighted by atomic mass is 35.5. The van der Waals surface area contributed by atoms with Crippen LogP contribution in [0.5, 0.6) is 0 Å². The summed E-state index contributed by atoms with van der Waals surface area (Å²) in [5.41, 5.74) is 1.03. The number of hydrogen-bond donors (Lipinski definition) is 0. The molecule has 0 aromatic carbocycles. The van der Waals surface area contributed by atoms with Crippen molar-refractivity contribution in [2.75, 3.05) is 13.6 Å². The zero-order valence-corrected chi connectivity index (χ0v) is 12.3. The van der Waals surface area contributed by atoms with Crippen LogP contribution in [0.1, 0.15) is 21.1 Å². The normalized spacial score (nSPS) is 10.5. The number of aryl methyl sites for hydroxylation is 1. The highest BCUT2D eigenvalue weighted by molar-refractivity contribution is 7.09. The number of amides is 1. The summed E-state index contributed by atoms with van der Waals surface area (Å²) >= 11 is 7.46. The third-order valence-corrected chi connectivity index (χ3v) is 3.77. The maximum atomic E-state index is 12.2. The molecule has 0 aliphatic rings. The molecule has 0 radical (unpaired) electrons. The Labute approximate surface area is 121 Å². The van der Waals surface area contributed by atoms with E-state index >= 15 is 0 Å². The van der Waals surface area contributed by atoms with Crippen molar-refractivity contribution >= 4 is 28.8 Å². The first-order valence-corrected chi connectivity index (χ1v) is 7.11. The van der Waals surface area contributed by atoms with Crippen LogP contribution in [-0.2, 0) is 6.42 Å². The van der Waals surface area contributed by atoms with Gasteiger partial charge in [-0.25, -0.2) is 9.97 Å². The van der Waals surface area contributed by atoms with Crippen LogP contribution in [-0.4, -0.2) is 34.4 Å². The largest absolute Gasteiger partial charge is 0.340 e. The van der Waals surface area contributed by atoms with Gasteiger partial charge in [0.25, 0.3) is 5.91 Å². The highest BCUT2D eigenvalue weighted by Crippen LogP contribution is 2.11. The quantitative estimate of drug-likeness (QED) is 0.815. The number of hydrogen-bond acceptors (Lipinski definition) is 4. The molecule has 6 heteroatoms. The second-order valence-electron chi connectivity index (χ2n) is 4.22. The second-order valence-corrected chi connectivity index (χ2v) is 5.59. The molecule has 1 amide bonds. The van der Waals surface area contributed by atoms with Gasteiger partial charge in [-0.1, -0.05) is 6.07 Å². The van der Waals surface area contributed by atoms with Crippen molar-refractivity contribution < 1.29 is 4.79 Å². The number of likely N-dealkylation sites (N-methyl/N-ethyl adjacent to an activating group) is 1. The molecule has 2 heterocycles. The van der Waals surface area contributed by atoms with E-state index in [9.17, 15) is 4.79 Å². The number of carbonyl (C=O) groups excluding carboxylic acids is 1. The summed E-state index contributed by atoms with van der Waals surface area (Å²) in [5.74, 6) is -0.135. The molecule has 2 aromatic rings. The van der Waals surface area contributed by atoms with Gasteiger partial charge in [-0.2, -0.15) is 0 Å². The standard InChI is InChI=1S/C13H14ClN3OS/c1-9-8-11(16-13(14)15-9)12(18)17(2)6-5-10-4-3-7-19-10/h3-4,7-8H,5-6H2,1-2H3. The lowest BCUT2D eigenvalue weighted by Gasteiger charge is -2.16. The van der Waals surface area contributed by atoms with Crippen molar-refractivity contribution in [3.63, 3.8) is 0 Å². The van der Waals surface area contributed by atoms with Gasteiger partial charge in [-0.05, 0) is 42.5 Å². The predicted molar refractivity (Wildman–Crippen MR) is 76.8 cm³/mol. The Morgan fingerprint density at radius 1 is 1.47 bits per heavy atom. The second kappa shape index (κ2) is 6.12. The van der Waals surface area contributed by atoms with E-state index in [1.165, 1.54) is 4.88 Å². The lowest BCUT2D eigenvalue weighted by Crippen LogP contribution is -2.29. The summed E-state index contributed by atoms with van der Waals surface area (Å²) in [4.78, 5) is 23.0. The molecule has 2 aromatic heterocycles. The van der Waals surface area contributed by atoms with Gasteiger partial charge in [0.1, 0.15) is 5.69 Å². The van der Waals surface area contributed by atoms with Crippen LogP contribution < -0.4 is 0 Å². The fourth-order valence-electron chi connectivity index (χ4n) is 1.67. The molecule has 0 bridgehead atoms. The van der Waals surface area contributed by atoms with Gasteiger partial charge < -0.3 is 4.90 Å². The lowest BCUT2D eigenvalue weighted by molar-refractivity contribution is 0.0791. The minimum absolute atomic E-state index is 0.106. The van der Waals surface area contributed by atoms with Gasteiger partial charge in [0.2, 0.25) is 5.28 Å². The molecule has 19 heavy (non-hydrogen) atoms. The molecular weight excluding hydrogens is 282 g/mol. The zero-order chi connectivity index (χ0) is 13.8. The van der Waals surface area contributed by atoms with Crippen molar-refractivity contribution in [1.82, 2.24) is 14.9 Å². The van der Waals surface area contributed by atoms with Crippen molar-refractivity contribution in [3.8, 4) is 0 Å². The number of halogens is 1. The van der Waals surface area contributed by atoms with Crippen molar-refractivity contribution in [3.05, 3.63) is 45.1 Å². The smallest absolute Gasteiger partial charge is 0.272 e. The number of carbonyl (C=O) groups is 1.